The van der Waals surface area contributed by atoms with Crippen LogP contribution in [0.3, 0.4) is 0 Å². The highest BCUT2D eigenvalue weighted by molar-refractivity contribution is 6.33. The fourth-order valence-corrected chi connectivity index (χ4v) is 2.98. The van der Waals surface area contributed by atoms with Crippen molar-refractivity contribution in [3.63, 3.8) is 0 Å². The maximum Gasteiger partial charge on any atom is 0.255 e. The van der Waals surface area contributed by atoms with Crippen LogP contribution in [0.25, 0.3) is 0 Å². The first-order valence-electron chi connectivity index (χ1n) is 7.29. The summed E-state index contributed by atoms with van der Waals surface area (Å²) in [6.45, 7) is 2.54. The molecule has 0 aromatic heterocycles. The molecule has 120 valence electrons. The van der Waals surface area contributed by atoms with Gasteiger partial charge in [-0.2, -0.15) is 0 Å². The first-order valence-corrected chi connectivity index (χ1v) is 8.05. The van der Waals surface area contributed by atoms with Crippen molar-refractivity contribution >= 4 is 34.8 Å². The van der Waals surface area contributed by atoms with Crippen molar-refractivity contribution in [1.29, 1.82) is 0 Å². The molecular formula is C17H15Cl2FN2O. The first kappa shape index (κ1) is 16.1. The van der Waals surface area contributed by atoms with E-state index in [-0.39, 0.29) is 16.5 Å². The van der Waals surface area contributed by atoms with Gasteiger partial charge >= 0.3 is 0 Å². The third kappa shape index (κ3) is 3.59. The first-order chi connectivity index (χ1) is 11.0. The molecule has 1 fully saturated rings. The molecule has 0 bridgehead atoms. The molecule has 6 heteroatoms. The number of carbonyl (C=O) groups excluding carboxylic acids is 1. The molecule has 0 saturated carbocycles. The molecule has 1 aliphatic rings. The molecule has 0 aliphatic carbocycles. The van der Waals surface area contributed by atoms with Crippen molar-refractivity contribution < 1.29 is 9.18 Å². The van der Waals surface area contributed by atoms with Crippen LogP contribution in [0.15, 0.2) is 42.5 Å². The van der Waals surface area contributed by atoms with Gasteiger partial charge < -0.3 is 9.80 Å². The van der Waals surface area contributed by atoms with Crippen LogP contribution in [0, 0.1) is 5.82 Å². The molecule has 1 amide bonds. The van der Waals surface area contributed by atoms with Gasteiger partial charge in [-0.25, -0.2) is 4.39 Å². The lowest BCUT2D eigenvalue weighted by Crippen LogP contribution is -2.48. The summed E-state index contributed by atoms with van der Waals surface area (Å²) in [5.41, 5.74) is 1.29. The number of hydrogen-bond acceptors (Lipinski definition) is 2. The van der Waals surface area contributed by atoms with Crippen LogP contribution in [-0.2, 0) is 0 Å². The predicted octanol–water partition coefficient (Wildman–Crippen LogP) is 4.09. The monoisotopic (exact) mass is 352 g/mol. The van der Waals surface area contributed by atoms with E-state index in [0.717, 1.165) is 5.69 Å². The molecule has 1 aliphatic heterocycles. The van der Waals surface area contributed by atoms with Crippen LogP contribution in [0.2, 0.25) is 10.0 Å². The van der Waals surface area contributed by atoms with E-state index < -0.39 is 5.82 Å². The van der Waals surface area contributed by atoms with Gasteiger partial charge in [0.25, 0.3) is 5.91 Å². The quantitative estimate of drug-likeness (QED) is 0.812. The lowest BCUT2D eigenvalue weighted by atomic mass is 10.1. The molecule has 0 N–H and O–H groups in total. The zero-order valence-electron chi connectivity index (χ0n) is 12.3. The van der Waals surface area contributed by atoms with Crippen molar-refractivity contribution in [3.8, 4) is 0 Å². The lowest BCUT2D eigenvalue weighted by molar-refractivity contribution is 0.0746. The number of nitrogens with zero attached hydrogens (tertiary/aromatic N) is 2. The van der Waals surface area contributed by atoms with Crippen molar-refractivity contribution in [2.45, 2.75) is 0 Å². The van der Waals surface area contributed by atoms with Gasteiger partial charge in [0.15, 0.2) is 0 Å². The predicted molar refractivity (Wildman–Crippen MR) is 91.0 cm³/mol. The van der Waals surface area contributed by atoms with Gasteiger partial charge in [-0.3, -0.25) is 4.79 Å². The van der Waals surface area contributed by atoms with E-state index in [1.807, 2.05) is 24.3 Å². The average Bonchev–Trinajstić information content (AvgIpc) is 2.57. The summed E-state index contributed by atoms with van der Waals surface area (Å²) in [5.74, 6) is -0.692. The van der Waals surface area contributed by atoms with Crippen molar-refractivity contribution in [1.82, 2.24) is 4.90 Å². The van der Waals surface area contributed by atoms with Crippen LogP contribution >= 0.6 is 23.2 Å². The molecule has 1 heterocycles. The second-order valence-electron chi connectivity index (χ2n) is 5.38. The third-order valence-corrected chi connectivity index (χ3v) is 4.50. The number of rotatable bonds is 2. The summed E-state index contributed by atoms with van der Waals surface area (Å²) in [6.07, 6.45) is 0. The molecular weight excluding hydrogens is 338 g/mol. The second kappa shape index (κ2) is 6.77. The molecule has 0 radical (unpaired) electrons. The Kier molecular flexibility index (Phi) is 4.74. The highest BCUT2D eigenvalue weighted by Crippen LogP contribution is 2.22. The van der Waals surface area contributed by atoms with Crippen LogP contribution in [0.1, 0.15) is 10.4 Å². The summed E-state index contributed by atoms with van der Waals surface area (Å²) in [5, 5.41) is 0.972. The van der Waals surface area contributed by atoms with Crippen LogP contribution in [0.4, 0.5) is 10.1 Å². The third-order valence-electron chi connectivity index (χ3n) is 3.92. The van der Waals surface area contributed by atoms with Gasteiger partial charge in [-0.15, -0.1) is 0 Å². The summed E-state index contributed by atoms with van der Waals surface area (Å²) in [7, 11) is 0. The number of amides is 1. The van der Waals surface area contributed by atoms with E-state index in [9.17, 15) is 9.18 Å². The molecule has 3 rings (SSSR count). The van der Waals surface area contributed by atoms with Gasteiger partial charge in [0.2, 0.25) is 0 Å². The number of anilines is 1. The Bertz CT molecular complexity index is 713. The van der Waals surface area contributed by atoms with E-state index in [1.165, 1.54) is 18.2 Å². The molecule has 0 unspecified atom stereocenters. The van der Waals surface area contributed by atoms with E-state index in [0.29, 0.717) is 31.2 Å². The Morgan fingerprint density at radius 2 is 1.61 bits per heavy atom. The van der Waals surface area contributed by atoms with Crippen LogP contribution in [0.5, 0.6) is 0 Å². The van der Waals surface area contributed by atoms with E-state index >= 15 is 0 Å². The summed E-state index contributed by atoms with van der Waals surface area (Å²) >= 11 is 11.9. The number of benzene rings is 2. The topological polar surface area (TPSA) is 23.6 Å². The van der Waals surface area contributed by atoms with Crippen LogP contribution < -0.4 is 4.90 Å². The second-order valence-corrected chi connectivity index (χ2v) is 6.22. The maximum atomic E-state index is 13.3. The van der Waals surface area contributed by atoms with Crippen molar-refractivity contribution in [3.05, 3.63) is 63.9 Å². The lowest BCUT2D eigenvalue weighted by Gasteiger charge is -2.36. The Morgan fingerprint density at radius 3 is 2.26 bits per heavy atom. The van der Waals surface area contributed by atoms with E-state index in [1.54, 1.807) is 4.90 Å². The Labute approximate surface area is 144 Å². The zero-order chi connectivity index (χ0) is 16.4. The largest absolute Gasteiger partial charge is 0.368 e. The minimum Gasteiger partial charge on any atom is -0.368 e. The fraction of sp³-hybridized carbons (Fsp3) is 0.235. The normalized spacial score (nSPS) is 14.9. The Morgan fingerprint density at radius 1 is 0.957 bits per heavy atom. The minimum atomic E-state index is -0.461. The zero-order valence-corrected chi connectivity index (χ0v) is 13.8. The number of halogens is 3. The van der Waals surface area contributed by atoms with Gasteiger partial charge in [-0.05, 0) is 42.5 Å². The number of hydrogen-bond donors (Lipinski definition) is 0. The highest BCUT2D eigenvalue weighted by atomic mass is 35.5. The van der Waals surface area contributed by atoms with Gasteiger partial charge in [0, 0.05) is 36.9 Å². The Hall–Kier alpha value is -1.78. The molecule has 2 aromatic rings. The molecule has 0 atom stereocenters. The van der Waals surface area contributed by atoms with Crippen LogP contribution in [-0.4, -0.2) is 37.0 Å². The van der Waals surface area contributed by atoms with E-state index in [4.69, 9.17) is 23.2 Å². The van der Waals surface area contributed by atoms with Gasteiger partial charge in [0.1, 0.15) is 5.82 Å². The standard InChI is InChI=1S/C17H15Cl2FN2O/c18-12-1-4-14(5-2-12)21-7-9-22(10-8-21)17(23)15-11-13(20)3-6-16(15)19/h1-6,11H,7-10H2. The average molecular weight is 353 g/mol. The SMILES string of the molecule is O=C(c1cc(F)ccc1Cl)N1CCN(c2ccc(Cl)cc2)CC1. The summed E-state index contributed by atoms with van der Waals surface area (Å²) < 4.78 is 13.3. The molecule has 1 saturated heterocycles. The summed E-state index contributed by atoms with van der Waals surface area (Å²) in [6, 6.07) is 11.5. The molecule has 2 aromatic carbocycles. The van der Waals surface area contributed by atoms with Gasteiger partial charge in [0.05, 0.1) is 10.6 Å². The number of carbonyl (C=O) groups is 1. The maximum absolute atomic E-state index is 13.3. The van der Waals surface area contributed by atoms with E-state index in [2.05, 4.69) is 4.90 Å². The minimum absolute atomic E-state index is 0.214. The fourth-order valence-electron chi connectivity index (χ4n) is 2.65. The number of piperazine rings is 1. The van der Waals surface area contributed by atoms with Gasteiger partial charge in [-0.1, -0.05) is 23.2 Å². The molecule has 3 nitrogen and oxygen atoms in total. The smallest absolute Gasteiger partial charge is 0.255 e. The highest BCUT2D eigenvalue weighted by Gasteiger charge is 2.24. The van der Waals surface area contributed by atoms with Crippen molar-refractivity contribution in [2.24, 2.45) is 0 Å². The summed E-state index contributed by atoms with van der Waals surface area (Å²) in [4.78, 5) is 16.4. The Balaban J connectivity index is 1.67. The molecule has 23 heavy (non-hydrogen) atoms. The van der Waals surface area contributed by atoms with Crippen molar-refractivity contribution in [2.75, 3.05) is 31.1 Å². The molecule has 0 spiro atoms.